The maximum Gasteiger partial charge on any atom is 0.261 e. The van der Waals surface area contributed by atoms with Crippen molar-refractivity contribution in [1.82, 2.24) is 10.3 Å². The minimum atomic E-state index is -3.92. The quantitative estimate of drug-likeness (QED) is 0.333. The molecular formula is C25H31N3O4S2. The third kappa shape index (κ3) is 6.64. The van der Waals surface area contributed by atoms with Gasteiger partial charge in [-0.15, -0.1) is 0 Å². The standard InChI is InChI=1S/C25H31N3O4S2/c1-4-5-10-33-11-6-9-26-25(30)22-16-27-23-8-7-20(15-21(23)24(22)29)34(31,32)28-19-13-17(2)12-18(3)14-19/h7-8,12-16,28H,4-6,9-11H2,1-3H3,(H,26,30)(H,27,29). The summed E-state index contributed by atoms with van der Waals surface area (Å²) < 4.78 is 28.5. The molecule has 0 spiro atoms. The fourth-order valence-corrected chi connectivity index (χ4v) is 5.71. The highest BCUT2D eigenvalue weighted by Gasteiger charge is 2.18. The molecule has 3 N–H and O–H groups in total. The predicted molar refractivity (Wildman–Crippen MR) is 140 cm³/mol. The lowest BCUT2D eigenvalue weighted by atomic mass is 10.1. The number of thioether (sulfide) groups is 1. The normalized spacial score (nSPS) is 11.5. The topological polar surface area (TPSA) is 108 Å². The molecule has 0 atom stereocenters. The molecule has 0 radical (unpaired) electrons. The number of hydrogen-bond donors (Lipinski definition) is 3. The number of fused-ring (bicyclic) bond motifs is 1. The lowest BCUT2D eigenvalue weighted by Gasteiger charge is -2.11. The molecule has 0 aliphatic carbocycles. The monoisotopic (exact) mass is 501 g/mol. The Hall–Kier alpha value is -2.78. The van der Waals surface area contributed by atoms with Gasteiger partial charge < -0.3 is 10.3 Å². The molecule has 0 aliphatic rings. The number of aromatic nitrogens is 1. The van der Waals surface area contributed by atoms with Crippen LogP contribution >= 0.6 is 11.8 Å². The van der Waals surface area contributed by atoms with Crippen molar-refractivity contribution in [2.45, 2.75) is 44.9 Å². The molecule has 0 saturated carbocycles. The summed E-state index contributed by atoms with van der Waals surface area (Å²) in [6, 6.07) is 9.69. The van der Waals surface area contributed by atoms with Crippen molar-refractivity contribution >= 4 is 44.3 Å². The van der Waals surface area contributed by atoms with Crippen LogP contribution in [-0.2, 0) is 10.0 Å². The second kappa shape index (κ2) is 11.6. The van der Waals surface area contributed by atoms with E-state index in [2.05, 4.69) is 21.9 Å². The van der Waals surface area contributed by atoms with E-state index < -0.39 is 21.4 Å². The zero-order valence-corrected chi connectivity index (χ0v) is 21.4. The number of aromatic amines is 1. The summed E-state index contributed by atoms with van der Waals surface area (Å²) in [4.78, 5) is 28.4. The lowest BCUT2D eigenvalue weighted by molar-refractivity contribution is 0.0952. The van der Waals surface area contributed by atoms with E-state index in [1.165, 1.54) is 37.2 Å². The van der Waals surface area contributed by atoms with Crippen molar-refractivity contribution in [3.8, 4) is 0 Å². The fourth-order valence-electron chi connectivity index (χ4n) is 3.60. The number of hydrogen-bond acceptors (Lipinski definition) is 5. The number of pyridine rings is 1. The molecular weight excluding hydrogens is 470 g/mol. The van der Waals surface area contributed by atoms with Crippen LogP contribution in [0.5, 0.6) is 0 Å². The number of benzene rings is 2. The molecule has 1 aromatic heterocycles. The first-order valence-corrected chi connectivity index (χ1v) is 14.0. The van der Waals surface area contributed by atoms with E-state index in [9.17, 15) is 18.0 Å². The maximum absolute atomic E-state index is 13.0. The van der Waals surface area contributed by atoms with Crippen molar-refractivity contribution < 1.29 is 13.2 Å². The average molecular weight is 502 g/mol. The van der Waals surface area contributed by atoms with E-state index in [4.69, 9.17) is 0 Å². The Bertz CT molecular complexity index is 1310. The number of nitrogens with one attached hydrogen (secondary N) is 3. The first-order valence-electron chi connectivity index (χ1n) is 11.3. The third-order valence-electron chi connectivity index (χ3n) is 5.27. The second-order valence-electron chi connectivity index (χ2n) is 8.30. The first kappa shape index (κ1) is 25.8. The number of rotatable bonds is 11. The highest BCUT2D eigenvalue weighted by Crippen LogP contribution is 2.21. The summed E-state index contributed by atoms with van der Waals surface area (Å²) in [5.74, 6) is 1.59. The van der Waals surface area contributed by atoms with Crippen LogP contribution in [0.1, 0.15) is 47.7 Å². The van der Waals surface area contributed by atoms with Gasteiger partial charge in [0, 0.05) is 29.3 Å². The number of carbonyl (C=O) groups excluding carboxylic acids is 1. The molecule has 3 rings (SSSR count). The first-order chi connectivity index (χ1) is 16.2. The van der Waals surface area contributed by atoms with Gasteiger partial charge >= 0.3 is 0 Å². The van der Waals surface area contributed by atoms with E-state index in [0.29, 0.717) is 17.7 Å². The molecule has 0 fully saturated rings. The third-order valence-corrected chi connectivity index (χ3v) is 7.81. The lowest BCUT2D eigenvalue weighted by Crippen LogP contribution is -2.30. The van der Waals surface area contributed by atoms with E-state index in [0.717, 1.165) is 29.1 Å². The van der Waals surface area contributed by atoms with Gasteiger partial charge in [-0.1, -0.05) is 19.4 Å². The summed E-state index contributed by atoms with van der Waals surface area (Å²) in [6.07, 6.45) is 4.54. The summed E-state index contributed by atoms with van der Waals surface area (Å²) >= 11 is 1.85. The van der Waals surface area contributed by atoms with Crippen molar-refractivity contribution in [3.05, 3.63) is 69.5 Å². The smallest absolute Gasteiger partial charge is 0.261 e. The summed E-state index contributed by atoms with van der Waals surface area (Å²) in [5, 5.41) is 2.93. The van der Waals surface area contributed by atoms with Crippen molar-refractivity contribution in [1.29, 1.82) is 0 Å². The Morgan fingerprint density at radius 3 is 2.44 bits per heavy atom. The Labute approximate surface area is 204 Å². The molecule has 0 saturated heterocycles. The van der Waals surface area contributed by atoms with Crippen LogP contribution in [0.3, 0.4) is 0 Å². The Balaban J connectivity index is 1.77. The van der Waals surface area contributed by atoms with Crippen LogP contribution in [-0.4, -0.2) is 37.4 Å². The number of aryl methyl sites for hydroxylation is 2. The van der Waals surface area contributed by atoms with Crippen LogP contribution in [0.25, 0.3) is 10.9 Å². The van der Waals surface area contributed by atoms with Gasteiger partial charge in [0.05, 0.1) is 4.90 Å². The predicted octanol–water partition coefficient (Wildman–Crippen LogP) is 4.60. The highest BCUT2D eigenvalue weighted by atomic mass is 32.2. The molecule has 0 bridgehead atoms. The second-order valence-corrected chi connectivity index (χ2v) is 11.2. The number of unbranched alkanes of at least 4 members (excludes halogenated alkanes) is 1. The van der Waals surface area contributed by atoms with Gasteiger partial charge in [0.15, 0.2) is 0 Å². The molecule has 7 nitrogen and oxygen atoms in total. The molecule has 2 aromatic carbocycles. The van der Waals surface area contributed by atoms with Gasteiger partial charge in [-0.2, -0.15) is 11.8 Å². The SMILES string of the molecule is CCCCSCCCNC(=O)c1c[nH]c2ccc(S(=O)(=O)Nc3cc(C)cc(C)c3)cc2c1=O. The number of amides is 1. The van der Waals surface area contributed by atoms with Gasteiger partial charge in [-0.3, -0.25) is 14.3 Å². The maximum atomic E-state index is 13.0. The number of carbonyl (C=O) groups is 1. The molecule has 0 unspecified atom stereocenters. The molecule has 1 heterocycles. The molecule has 0 aliphatic heterocycles. The summed E-state index contributed by atoms with van der Waals surface area (Å²) in [6.45, 7) is 6.40. The van der Waals surface area contributed by atoms with Gasteiger partial charge in [0.2, 0.25) is 5.43 Å². The highest BCUT2D eigenvalue weighted by molar-refractivity contribution is 7.99. The molecule has 34 heavy (non-hydrogen) atoms. The number of H-pyrrole nitrogens is 1. The van der Waals surface area contributed by atoms with Crippen LogP contribution in [0.4, 0.5) is 5.69 Å². The Morgan fingerprint density at radius 2 is 1.74 bits per heavy atom. The summed E-state index contributed by atoms with van der Waals surface area (Å²) in [7, 11) is -3.92. The zero-order chi connectivity index (χ0) is 24.7. The van der Waals surface area contributed by atoms with Gasteiger partial charge in [-0.05, 0) is 79.7 Å². The molecule has 182 valence electrons. The van der Waals surface area contributed by atoms with Crippen molar-refractivity contribution in [3.63, 3.8) is 0 Å². The van der Waals surface area contributed by atoms with Crippen LogP contribution in [0, 0.1) is 13.8 Å². The van der Waals surface area contributed by atoms with E-state index in [1.807, 2.05) is 31.7 Å². The number of anilines is 1. The fraction of sp³-hybridized carbons (Fsp3) is 0.360. The van der Waals surface area contributed by atoms with Crippen molar-refractivity contribution in [2.75, 3.05) is 22.8 Å². The van der Waals surface area contributed by atoms with E-state index in [1.54, 1.807) is 12.1 Å². The average Bonchev–Trinajstić information content (AvgIpc) is 2.77. The Morgan fingerprint density at radius 1 is 1.03 bits per heavy atom. The number of sulfonamides is 1. The molecule has 1 amide bonds. The molecule has 9 heteroatoms. The van der Waals surface area contributed by atoms with Gasteiger partial charge in [-0.25, -0.2) is 8.42 Å². The van der Waals surface area contributed by atoms with Crippen LogP contribution < -0.4 is 15.5 Å². The minimum absolute atomic E-state index is 0.0389. The van der Waals surface area contributed by atoms with Gasteiger partial charge in [0.25, 0.3) is 15.9 Å². The Kier molecular flexibility index (Phi) is 8.79. The van der Waals surface area contributed by atoms with Crippen molar-refractivity contribution in [2.24, 2.45) is 0 Å². The van der Waals surface area contributed by atoms with Gasteiger partial charge in [0.1, 0.15) is 5.56 Å². The van der Waals surface area contributed by atoms with Crippen LogP contribution in [0.2, 0.25) is 0 Å². The minimum Gasteiger partial charge on any atom is -0.360 e. The van der Waals surface area contributed by atoms with Crippen LogP contribution in [0.15, 0.2) is 52.3 Å². The summed E-state index contributed by atoms with van der Waals surface area (Å²) in [5.41, 5.74) is 2.23. The zero-order valence-electron chi connectivity index (χ0n) is 19.7. The molecule has 3 aromatic rings. The van der Waals surface area contributed by atoms with E-state index >= 15 is 0 Å². The van der Waals surface area contributed by atoms with E-state index in [-0.39, 0.29) is 15.8 Å². The largest absolute Gasteiger partial charge is 0.360 e.